The standard InChI is InChI=1S/C23H20ClIN2O2S/c1-3-15-12-17(25)6-9-20(15)26-23(30)27-22(28)11-8-18-7-10-21(29-18)16-5-4-14(2)19(24)13-16/h4-13H,3H2,1-2H3,(H2,26,27,28,30)/b11-8+. The lowest BCUT2D eigenvalue weighted by atomic mass is 10.1. The highest BCUT2D eigenvalue weighted by Crippen LogP contribution is 2.27. The van der Waals surface area contributed by atoms with Crippen LogP contribution < -0.4 is 10.6 Å². The van der Waals surface area contributed by atoms with E-state index in [1.165, 1.54) is 6.08 Å². The highest BCUT2D eigenvalue weighted by Gasteiger charge is 2.08. The van der Waals surface area contributed by atoms with Crippen LogP contribution in [-0.2, 0) is 11.2 Å². The van der Waals surface area contributed by atoms with Gasteiger partial charge in [0, 0.05) is 25.9 Å². The number of benzene rings is 2. The molecule has 0 saturated carbocycles. The third kappa shape index (κ3) is 5.93. The third-order valence-corrected chi connectivity index (χ3v) is 5.70. The van der Waals surface area contributed by atoms with Gasteiger partial charge < -0.3 is 9.73 Å². The molecule has 30 heavy (non-hydrogen) atoms. The number of aryl methyl sites for hydroxylation is 2. The third-order valence-electron chi connectivity index (χ3n) is 4.42. The second kappa shape index (κ2) is 10.2. The molecule has 2 aromatic carbocycles. The molecule has 1 aromatic heterocycles. The Kier molecular flexibility index (Phi) is 7.69. The second-order valence-corrected chi connectivity index (χ2v) is 8.66. The minimum absolute atomic E-state index is 0.245. The van der Waals surface area contributed by atoms with Crippen molar-refractivity contribution in [1.82, 2.24) is 5.32 Å². The van der Waals surface area contributed by atoms with Crippen molar-refractivity contribution in [2.24, 2.45) is 0 Å². The highest BCUT2D eigenvalue weighted by atomic mass is 127. The number of amides is 1. The lowest BCUT2D eigenvalue weighted by molar-refractivity contribution is -0.115. The Bertz CT molecular complexity index is 1120. The first kappa shape index (κ1) is 22.5. The largest absolute Gasteiger partial charge is 0.457 e. The average molecular weight is 551 g/mol. The lowest BCUT2D eigenvalue weighted by Gasteiger charge is -2.12. The summed E-state index contributed by atoms with van der Waals surface area (Å²) in [5.74, 6) is 0.897. The molecule has 0 saturated heterocycles. The molecule has 0 spiro atoms. The van der Waals surface area contributed by atoms with Crippen LogP contribution in [0.15, 0.2) is 59.0 Å². The maximum Gasteiger partial charge on any atom is 0.250 e. The van der Waals surface area contributed by atoms with E-state index in [1.54, 1.807) is 12.1 Å². The Balaban J connectivity index is 1.60. The topological polar surface area (TPSA) is 54.3 Å². The smallest absolute Gasteiger partial charge is 0.250 e. The van der Waals surface area contributed by atoms with Crippen molar-refractivity contribution in [2.45, 2.75) is 20.3 Å². The molecule has 1 heterocycles. The fraction of sp³-hybridized carbons (Fsp3) is 0.130. The molecule has 0 aliphatic rings. The lowest BCUT2D eigenvalue weighted by Crippen LogP contribution is -2.33. The fourth-order valence-corrected chi connectivity index (χ4v) is 3.73. The van der Waals surface area contributed by atoms with Crippen LogP contribution in [0.25, 0.3) is 17.4 Å². The molecule has 0 fully saturated rings. The van der Waals surface area contributed by atoms with Crippen LogP contribution in [-0.4, -0.2) is 11.0 Å². The first-order chi connectivity index (χ1) is 14.4. The molecule has 3 rings (SSSR count). The van der Waals surface area contributed by atoms with E-state index in [1.807, 2.05) is 43.3 Å². The van der Waals surface area contributed by atoms with Crippen LogP contribution in [0.1, 0.15) is 23.8 Å². The van der Waals surface area contributed by atoms with Gasteiger partial charge in [-0.1, -0.05) is 30.7 Å². The quantitative estimate of drug-likeness (QED) is 0.213. The van der Waals surface area contributed by atoms with E-state index in [-0.39, 0.29) is 11.0 Å². The molecule has 7 heteroatoms. The van der Waals surface area contributed by atoms with E-state index in [2.05, 4.69) is 46.2 Å². The van der Waals surface area contributed by atoms with Gasteiger partial charge >= 0.3 is 0 Å². The van der Waals surface area contributed by atoms with Gasteiger partial charge in [-0.25, -0.2) is 0 Å². The Hall–Kier alpha value is -2.16. The summed E-state index contributed by atoms with van der Waals surface area (Å²) in [6.07, 6.45) is 3.84. The van der Waals surface area contributed by atoms with Gasteiger partial charge in [0.15, 0.2) is 5.11 Å². The molecule has 2 N–H and O–H groups in total. The van der Waals surface area contributed by atoms with Gasteiger partial charge in [0.2, 0.25) is 5.91 Å². The number of carbonyl (C=O) groups is 1. The second-order valence-electron chi connectivity index (χ2n) is 6.60. The van der Waals surface area contributed by atoms with Crippen LogP contribution in [0, 0.1) is 10.5 Å². The van der Waals surface area contributed by atoms with E-state index in [4.69, 9.17) is 28.2 Å². The molecule has 154 valence electrons. The van der Waals surface area contributed by atoms with Gasteiger partial charge in [-0.2, -0.15) is 0 Å². The van der Waals surface area contributed by atoms with Gasteiger partial charge in [-0.3, -0.25) is 10.1 Å². The van der Waals surface area contributed by atoms with Crippen molar-refractivity contribution < 1.29 is 9.21 Å². The highest BCUT2D eigenvalue weighted by molar-refractivity contribution is 14.1. The molecular formula is C23H20ClIN2O2S. The van der Waals surface area contributed by atoms with Crippen LogP contribution in [0.4, 0.5) is 5.69 Å². The summed E-state index contributed by atoms with van der Waals surface area (Å²) < 4.78 is 6.93. The summed E-state index contributed by atoms with van der Waals surface area (Å²) in [5, 5.41) is 6.66. The predicted molar refractivity (Wildman–Crippen MR) is 136 cm³/mol. The van der Waals surface area contributed by atoms with Crippen molar-refractivity contribution in [2.75, 3.05) is 5.32 Å². The van der Waals surface area contributed by atoms with Crippen molar-refractivity contribution in [3.05, 3.63) is 80.1 Å². The minimum atomic E-state index is -0.340. The summed E-state index contributed by atoms with van der Waals surface area (Å²) in [6, 6.07) is 15.4. The van der Waals surface area contributed by atoms with E-state index in [0.29, 0.717) is 16.5 Å². The Morgan fingerprint density at radius 1 is 1.20 bits per heavy atom. The average Bonchev–Trinajstić information content (AvgIpc) is 3.19. The minimum Gasteiger partial charge on any atom is -0.457 e. The van der Waals surface area contributed by atoms with Crippen LogP contribution in [0.5, 0.6) is 0 Å². The van der Waals surface area contributed by atoms with E-state index in [0.717, 1.165) is 32.4 Å². The Morgan fingerprint density at radius 3 is 2.73 bits per heavy atom. The molecule has 0 aliphatic carbocycles. The monoisotopic (exact) mass is 550 g/mol. The Morgan fingerprint density at radius 2 is 2.00 bits per heavy atom. The molecule has 0 radical (unpaired) electrons. The van der Waals surface area contributed by atoms with Crippen molar-refractivity contribution in [3.8, 4) is 11.3 Å². The zero-order valence-electron chi connectivity index (χ0n) is 16.5. The number of anilines is 1. The maximum atomic E-state index is 12.2. The summed E-state index contributed by atoms with van der Waals surface area (Å²) in [6.45, 7) is 4.02. The van der Waals surface area contributed by atoms with Gasteiger partial charge in [-0.05, 0) is 102 Å². The molecule has 0 bridgehead atoms. The van der Waals surface area contributed by atoms with Gasteiger partial charge in [0.25, 0.3) is 0 Å². The van der Waals surface area contributed by atoms with Crippen molar-refractivity contribution in [3.63, 3.8) is 0 Å². The summed E-state index contributed by atoms with van der Waals surface area (Å²) in [4.78, 5) is 12.2. The number of rotatable bonds is 5. The number of hydrogen-bond acceptors (Lipinski definition) is 3. The predicted octanol–water partition coefficient (Wildman–Crippen LogP) is 6.60. The SMILES string of the molecule is CCc1cc(I)ccc1NC(=S)NC(=O)/C=C/c1ccc(-c2ccc(C)c(Cl)c2)o1. The van der Waals surface area contributed by atoms with Gasteiger partial charge in [0.05, 0.1) is 0 Å². The van der Waals surface area contributed by atoms with Gasteiger partial charge in [0.1, 0.15) is 11.5 Å². The summed E-state index contributed by atoms with van der Waals surface area (Å²) >= 11 is 13.7. The molecule has 0 atom stereocenters. The van der Waals surface area contributed by atoms with E-state index in [9.17, 15) is 4.79 Å². The first-order valence-corrected chi connectivity index (χ1v) is 11.2. The number of nitrogens with one attached hydrogen (secondary N) is 2. The van der Waals surface area contributed by atoms with Crippen LogP contribution in [0.2, 0.25) is 5.02 Å². The normalized spacial score (nSPS) is 10.9. The Labute approximate surface area is 199 Å². The maximum absolute atomic E-state index is 12.2. The summed E-state index contributed by atoms with van der Waals surface area (Å²) in [7, 11) is 0. The van der Waals surface area contributed by atoms with Crippen molar-refractivity contribution in [1.29, 1.82) is 0 Å². The van der Waals surface area contributed by atoms with Crippen molar-refractivity contribution >= 4 is 69.2 Å². The van der Waals surface area contributed by atoms with E-state index >= 15 is 0 Å². The number of furan rings is 1. The molecule has 0 aliphatic heterocycles. The van der Waals surface area contributed by atoms with E-state index < -0.39 is 0 Å². The molecule has 1 amide bonds. The van der Waals surface area contributed by atoms with Crippen LogP contribution >= 0.6 is 46.4 Å². The number of carbonyl (C=O) groups excluding carboxylic acids is 1. The number of halogens is 2. The zero-order chi connectivity index (χ0) is 21.7. The number of thiocarbonyl (C=S) groups is 1. The molecule has 0 unspecified atom stereocenters. The zero-order valence-corrected chi connectivity index (χ0v) is 20.2. The van der Waals surface area contributed by atoms with Gasteiger partial charge in [-0.15, -0.1) is 0 Å². The first-order valence-electron chi connectivity index (χ1n) is 9.30. The molecule has 4 nitrogen and oxygen atoms in total. The molecular weight excluding hydrogens is 531 g/mol. The van der Waals surface area contributed by atoms with Crippen LogP contribution in [0.3, 0.4) is 0 Å². The summed E-state index contributed by atoms with van der Waals surface area (Å²) in [5.41, 5.74) is 3.90. The fourth-order valence-electron chi connectivity index (χ4n) is 2.79. The number of hydrogen-bond donors (Lipinski definition) is 2. The molecule has 3 aromatic rings.